The third kappa shape index (κ3) is 4.69. The third-order valence-corrected chi connectivity index (χ3v) is 6.81. The average Bonchev–Trinajstić information content (AvgIpc) is 3.36. The molecule has 0 aliphatic rings. The lowest BCUT2D eigenvalue weighted by molar-refractivity contribution is 0.0994. The summed E-state index contributed by atoms with van der Waals surface area (Å²) in [5.41, 5.74) is 0.301. The van der Waals surface area contributed by atoms with E-state index in [0.717, 1.165) is 0 Å². The van der Waals surface area contributed by atoms with E-state index in [4.69, 9.17) is 16.0 Å². The van der Waals surface area contributed by atoms with Gasteiger partial charge in [-0.1, -0.05) is 25.4 Å². The topological polar surface area (TPSA) is 97.4 Å². The lowest BCUT2D eigenvalue weighted by atomic mass is 10.3. The summed E-state index contributed by atoms with van der Waals surface area (Å²) in [5.74, 6) is 0.181. The van der Waals surface area contributed by atoms with Crippen LogP contribution in [0, 0.1) is 0 Å². The standard InChI is InChI=1S/C19H21ClN4O4S/c1-3-24(4-2)29(26,27)18-12-14(6-8-16(18)20)22-19(25)17-9-7-15(28-17)13-23-11-5-10-21-23/h5-12H,3-4,13H2,1-2H3,(H,22,25). The van der Waals surface area contributed by atoms with Crippen LogP contribution in [0.25, 0.3) is 0 Å². The molecule has 0 saturated carbocycles. The fraction of sp³-hybridized carbons (Fsp3) is 0.263. The smallest absolute Gasteiger partial charge is 0.291 e. The summed E-state index contributed by atoms with van der Waals surface area (Å²) < 4.78 is 34.1. The maximum absolute atomic E-state index is 12.8. The molecule has 2 heterocycles. The first-order valence-corrected chi connectivity index (χ1v) is 10.8. The maximum atomic E-state index is 12.8. The van der Waals surface area contributed by atoms with Crippen LogP contribution in [0.2, 0.25) is 5.02 Å². The van der Waals surface area contributed by atoms with Crippen LogP contribution < -0.4 is 5.32 Å². The fourth-order valence-electron chi connectivity index (χ4n) is 2.81. The summed E-state index contributed by atoms with van der Waals surface area (Å²) in [6.45, 7) is 4.53. The van der Waals surface area contributed by atoms with E-state index in [1.807, 2.05) is 0 Å². The number of halogens is 1. The quantitative estimate of drug-likeness (QED) is 0.583. The van der Waals surface area contributed by atoms with Crippen molar-refractivity contribution in [3.8, 4) is 0 Å². The Balaban J connectivity index is 1.78. The number of benzene rings is 1. The Labute approximate surface area is 174 Å². The van der Waals surface area contributed by atoms with Crippen molar-refractivity contribution in [2.75, 3.05) is 18.4 Å². The summed E-state index contributed by atoms with van der Waals surface area (Å²) >= 11 is 6.12. The molecule has 0 radical (unpaired) electrons. The molecule has 0 spiro atoms. The molecule has 29 heavy (non-hydrogen) atoms. The van der Waals surface area contributed by atoms with Gasteiger partial charge in [0.25, 0.3) is 5.91 Å². The SMILES string of the molecule is CCN(CC)S(=O)(=O)c1cc(NC(=O)c2ccc(Cn3cccn3)o2)ccc1Cl. The van der Waals surface area contributed by atoms with Gasteiger partial charge in [0.15, 0.2) is 5.76 Å². The predicted octanol–water partition coefficient (Wildman–Crippen LogP) is 3.46. The minimum absolute atomic E-state index is 0.0560. The monoisotopic (exact) mass is 436 g/mol. The second kappa shape index (κ2) is 8.81. The summed E-state index contributed by atoms with van der Waals surface area (Å²) in [5, 5.41) is 6.83. The van der Waals surface area contributed by atoms with E-state index in [9.17, 15) is 13.2 Å². The van der Waals surface area contributed by atoms with E-state index in [-0.39, 0.29) is 15.7 Å². The summed E-state index contributed by atoms with van der Waals surface area (Å²) in [4.78, 5) is 12.4. The Morgan fingerprint density at radius 1 is 1.24 bits per heavy atom. The molecule has 10 heteroatoms. The van der Waals surface area contributed by atoms with Gasteiger partial charge in [-0.2, -0.15) is 9.40 Å². The van der Waals surface area contributed by atoms with Crippen molar-refractivity contribution in [3.05, 3.63) is 65.3 Å². The van der Waals surface area contributed by atoms with Crippen LogP contribution in [-0.4, -0.2) is 41.5 Å². The van der Waals surface area contributed by atoms with Gasteiger partial charge >= 0.3 is 0 Å². The minimum Gasteiger partial charge on any atom is -0.454 e. The third-order valence-electron chi connectivity index (χ3n) is 4.27. The van der Waals surface area contributed by atoms with Crippen molar-refractivity contribution in [3.63, 3.8) is 0 Å². The lowest BCUT2D eigenvalue weighted by Crippen LogP contribution is -2.30. The largest absolute Gasteiger partial charge is 0.454 e. The van der Waals surface area contributed by atoms with E-state index in [1.54, 1.807) is 49.1 Å². The highest BCUT2D eigenvalue weighted by molar-refractivity contribution is 7.89. The second-order valence-electron chi connectivity index (χ2n) is 6.16. The second-order valence-corrected chi connectivity index (χ2v) is 8.47. The Morgan fingerprint density at radius 3 is 2.66 bits per heavy atom. The fourth-order valence-corrected chi connectivity index (χ4v) is 4.77. The van der Waals surface area contributed by atoms with Crippen molar-refractivity contribution in [2.24, 2.45) is 0 Å². The van der Waals surface area contributed by atoms with Crippen molar-refractivity contribution < 1.29 is 17.6 Å². The van der Waals surface area contributed by atoms with Crippen molar-refractivity contribution in [1.82, 2.24) is 14.1 Å². The number of amides is 1. The molecule has 0 fully saturated rings. The molecule has 0 unspecified atom stereocenters. The van der Waals surface area contributed by atoms with Crippen molar-refractivity contribution >= 4 is 33.2 Å². The maximum Gasteiger partial charge on any atom is 0.291 e. The Bertz CT molecular complexity index is 1090. The minimum atomic E-state index is -3.76. The van der Waals surface area contributed by atoms with Gasteiger partial charge in [-0.15, -0.1) is 0 Å². The number of furan rings is 1. The van der Waals surface area contributed by atoms with E-state index in [2.05, 4.69) is 10.4 Å². The molecule has 154 valence electrons. The first-order chi connectivity index (χ1) is 13.8. The molecule has 0 aliphatic heterocycles. The normalized spacial score (nSPS) is 11.7. The first kappa shape index (κ1) is 21.1. The highest BCUT2D eigenvalue weighted by Gasteiger charge is 2.25. The van der Waals surface area contributed by atoms with Gasteiger partial charge < -0.3 is 9.73 Å². The van der Waals surface area contributed by atoms with Gasteiger partial charge in [0.05, 0.1) is 11.6 Å². The van der Waals surface area contributed by atoms with E-state index in [1.165, 1.54) is 22.5 Å². The van der Waals surface area contributed by atoms with Gasteiger partial charge in [-0.25, -0.2) is 8.42 Å². The highest BCUT2D eigenvalue weighted by atomic mass is 35.5. The van der Waals surface area contributed by atoms with Gasteiger partial charge in [-0.05, 0) is 36.4 Å². The van der Waals surface area contributed by atoms with Gasteiger partial charge in [0.2, 0.25) is 10.0 Å². The van der Waals surface area contributed by atoms with Crippen LogP contribution in [0.15, 0.2) is 58.1 Å². The zero-order chi connectivity index (χ0) is 21.0. The number of anilines is 1. The molecule has 0 saturated heterocycles. The average molecular weight is 437 g/mol. The van der Waals surface area contributed by atoms with Crippen LogP contribution in [0.4, 0.5) is 5.69 Å². The predicted molar refractivity (Wildman–Crippen MR) is 110 cm³/mol. The van der Waals surface area contributed by atoms with E-state index >= 15 is 0 Å². The number of nitrogens with one attached hydrogen (secondary N) is 1. The van der Waals surface area contributed by atoms with Crippen molar-refractivity contribution in [2.45, 2.75) is 25.3 Å². The molecule has 0 atom stereocenters. The summed E-state index contributed by atoms with van der Waals surface area (Å²) in [6, 6.07) is 9.36. The van der Waals surface area contributed by atoms with Gasteiger partial charge in [0.1, 0.15) is 10.7 Å². The molecule has 8 nitrogen and oxygen atoms in total. The van der Waals surface area contributed by atoms with E-state index < -0.39 is 15.9 Å². The van der Waals surface area contributed by atoms with Gasteiger partial charge in [0, 0.05) is 31.2 Å². The van der Waals surface area contributed by atoms with Crippen molar-refractivity contribution in [1.29, 1.82) is 0 Å². The van der Waals surface area contributed by atoms with Gasteiger partial charge in [-0.3, -0.25) is 9.48 Å². The Morgan fingerprint density at radius 2 is 2.00 bits per heavy atom. The number of carbonyl (C=O) groups is 1. The molecule has 1 amide bonds. The van der Waals surface area contributed by atoms with Crippen LogP contribution >= 0.6 is 11.6 Å². The molecular weight excluding hydrogens is 416 g/mol. The van der Waals surface area contributed by atoms with Crippen LogP contribution in [0.1, 0.15) is 30.2 Å². The molecule has 3 rings (SSSR count). The van der Waals surface area contributed by atoms with Crippen LogP contribution in [-0.2, 0) is 16.6 Å². The first-order valence-electron chi connectivity index (χ1n) is 9.02. The zero-order valence-corrected chi connectivity index (χ0v) is 17.6. The number of nitrogens with zero attached hydrogens (tertiary/aromatic N) is 3. The number of rotatable bonds is 8. The highest BCUT2D eigenvalue weighted by Crippen LogP contribution is 2.28. The molecule has 2 aromatic heterocycles. The lowest BCUT2D eigenvalue weighted by Gasteiger charge is -2.19. The molecule has 0 aliphatic carbocycles. The molecule has 0 bridgehead atoms. The molecule has 1 aromatic carbocycles. The number of aromatic nitrogens is 2. The molecule has 3 aromatic rings. The van der Waals surface area contributed by atoms with Crippen LogP contribution in [0.5, 0.6) is 0 Å². The number of hydrogen-bond donors (Lipinski definition) is 1. The number of sulfonamides is 1. The van der Waals surface area contributed by atoms with E-state index in [0.29, 0.717) is 31.1 Å². The Hall–Kier alpha value is -2.62. The zero-order valence-electron chi connectivity index (χ0n) is 16.0. The number of carbonyl (C=O) groups excluding carboxylic acids is 1. The molecule has 1 N–H and O–H groups in total. The summed E-state index contributed by atoms with van der Waals surface area (Å²) in [6.07, 6.45) is 3.44. The van der Waals surface area contributed by atoms with Crippen LogP contribution in [0.3, 0.4) is 0 Å². The molecular formula is C19H21ClN4O4S. The Kier molecular flexibility index (Phi) is 6.41. The summed E-state index contributed by atoms with van der Waals surface area (Å²) in [7, 11) is -3.76. The number of hydrogen-bond acceptors (Lipinski definition) is 5.